The zero-order valence-electron chi connectivity index (χ0n) is 12.8. The first-order chi connectivity index (χ1) is 9.90. The van der Waals surface area contributed by atoms with Gasteiger partial charge < -0.3 is 10.6 Å². The quantitative estimate of drug-likeness (QED) is 0.928. The van der Waals surface area contributed by atoms with Crippen molar-refractivity contribution >= 4 is 17.5 Å². The Bertz CT molecular complexity index is 625. The number of aromatic nitrogens is 2. The molecule has 0 amide bonds. The first kappa shape index (κ1) is 15.2. The van der Waals surface area contributed by atoms with Gasteiger partial charge in [0.15, 0.2) is 0 Å². The third kappa shape index (κ3) is 3.29. The molecule has 0 aliphatic carbocycles. The molecule has 21 heavy (non-hydrogen) atoms. The van der Waals surface area contributed by atoms with Crippen LogP contribution in [0.25, 0.3) is 0 Å². The highest BCUT2D eigenvalue weighted by Gasteiger charge is 2.20. The van der Waals surface area contributed by atoms with Crippen LogP contribution in [-0.2, 0) is 0 Å². The molecule has 2 N–H and O–H groups in total. The lowest BCUT2D eigenvalue weighted by Crippen LogP contribution is -2.28. The van der Waals surface area contributed by atoms with E-state index in [1.54, 1.807) is 18.3 Å². The van der Waals surface area contributed by atoms with Crippen molar-refractivity contribution in [2.24, 2.45) is 0 Å². The number of nitrogens with zero attached hydrogens (tertiary/aromatic N) is 3. The Morgan fingerprint density at radius 2 is 1.86 bits per heavy atom. The highest BCUT2D eigenvalue weighted by Crippen LogP contribution is 2.34. The monoisotopic (exact) mass is 288 g/mol. The van der Waals surface area contributed by atoms with E-state index in [4.69, 9.17) is 5.73 Å². The highest BCUT2D eigenvalue weighted by molar-refractivity contribution is 5.65. The van der Waals surface area contributed by atoms with Crippen molar-refractivity contribution in [2.45, 2.75) is 39.7 Å². The molecule has 0 unspecified atom stereocenters. The van der Waals surface area contributed by atoms with Crippen molar-refractivity contribution in [3.8, 4) is 0 Å². The van der Waals surface area contributed by atoms with Crippen LogP contribution in [0.4, 0.5) is 21.8 Å². The summed E-state index contributed by atoms with van der Waals surface area (Å²) in [5.74, 6) is 0.918. The summed E-state index contributed by atoms with van der Waals surface area (Å²) >= 11 is 0. The van der Waals surface area contributed by atoms with Gasteiger partial charge in [-0.05, 0) is 49.6 Å². The van der Waals surface area contributed by atoms with Gasteiger partial charge in [-0.2, -0.15) is 4.98 Å². The van der Waals surface area contributed by atoms with Crippen molar-refractivity contribution in [1.82, 2.24) is 9.97 Å². The fourth-order valence-corrected chi connectivity index (χ4v) is 2.37. The van der Waals surface area contributed by atoms with Crippen LogP contribution in [0, 0.1) is 5.82 Å². The molecule has 0 fully saturated rings. The second-order valence-corrected chi connectivity index (χ2v) is 5.59. The number of nitrogens with two attached hydrogens (primary N) is 1. The molecule has 0 spiro atoms. The molecule has 0 radical (unpaired) electrons. The molecule has 0 atom stereocenters. The van der Waals surface area contributed by atoms with Crippen LogP contribution in [-0.4, -0.2) is 16.0 Å². The summed E-state index contributed by atoms with van der Waals surface area (Å²) in [5, 5.41) is 0. The molecular weight excluding hydrogens is 267 g/mol. The van der Waals surface area contributed by atoms with Crippen LogP contribution in [0.1, 0.15) is 39.2 Å². The van der Waals surface area contributed by atoms with E-state index < -0.39 is 0 Å². The first-order valence-corrected chi connectivity index (χ1v) is 7.07. The Hall–Kier alpha value is -2.17. The van der Waals surface area contributed by atoms with Crippen molar-refractivity contribution in [3.63, 3.8) is 0 Å². The average Bonchev–Trinajstić information content (AvgIpc) is 2.40. The maximum Gasteiger partial charge on any atom is 0.221 e. The minimum Gasteiger partial charge on any atom is -0.368 e. The normalized spacial score (nSPS) is 11.2. The Balaban J connectivity index is 2.59. The Morgan fingerprint density at radius 1 is 1.14 bits per heavy atom. The van der Waals surface area contributed by atoms with Gasteiger partial charge in [0.25, 0.3) is 0 Å². The van der Waals surface area contributed by atoms with Gasteiger partial charge in [0.05, 0.1) is 0 Å². The maximum atomic E-state index is 13.6. The van der Waals surface area contributed by atoms with E-state index in [-0.39, 0.29) is 23.7 Å². The fourth-order valence-electron chi connectivity index (χ4n) is 2.37. The van der Waals surface area contributed by atoms with Crippen LogP contribution in [0.2, 0.25) is 0 Å². The van der Waals surface area contributed by atoms with Gasteiger partial charge >= 0.3 is 0 Å². The number of halogens is 1. The fraction of sp³-hybridized carbons (Fsp3) is 0.375. The first-order valence-electron chi connectivity index (χ1n) is 7.07. The molecule has 1 aromatic heterocycles. The van der Waals surface area contributed by atoms with E-state index in [0.717, 1.165) is 11.3 Å². The largest absolute Gasteiger partial charge is 0.368 e. The molecule has 1 aromatic carbocycles. The number of hydrogen-bond donors (Lipinski definition) is 1. The number of benzene rings is 1. The molecule has 112 valence electrons. The minimum absolute atomic E-state index is 0.155. The van der Waals surface area contributed by atoms with E-state index in [1.165, 1.54) is 6.07 Å². The molecule has 0 aliphatic heterocycles. The molecular formula is C16H21FN4. The van der Waals surface area contributed by atoms with E-state index >= 15 is 0 Å². The van der Waals surface area contributed by atoms with Gasteiger partial charge in [-0.15, -0.1) is 0 Å². The molecule has 1 heterocycles. The van der Waals surface area contributed by atoms with E-state index in [0.29, 0.717) is 5.82 Å². The lowest BCUT2D eigenvalue weighted by Gasteiger charge is -2.31. The summed E-state index contributed by atoms with van der Waals surface area (Å²) in [6, 6.07) is 6.82. The molecule has 4 nitrogen and oxygen atoms in total. The summed E-state index contributed by atoms with van der Waals surface area (Å²) in [6.45, 7) is 8.22. The number of hydrogen-bond acceptors (Lipinski definition) is 4. The van der Waals surface area contributed by atoms with Gasteiger partial charge in [0.2, 0.25) is 5.95 Å². The lowest BCUT2D eigenvalue weighted by molar-refractivity contribution is 0.622. The van der Waals surface area contributed by atoms with Crippen molar-refractivity contribution in [2.75, 3.05) is 10.6 Å². The lowest BCUT2D eigenvalue weighted by atomic mass is 9.99. The summed E-state index contributed by atoms with van der Waals surface area (Å²) in [7, 11) is 0. The Morgan fingerprint density at radius 3 is 2.43 bits per heavy atom. The van der Waals surface area contributed by atoms with E-state index in [2.05, 4.69) is 23.8 Å². The number of nitrogen functional groups attached to an aromatic ring is 1. The van der Waals surface area contributed by atoms with Gasteiger partial charge in [-0.3, -0.25) is 0 Å². The molecule has 2 aromatic rings. The second kappa shape index (κ2) is 6.08. The Kier molecular flexibility index (Phi) is 4.40. The van der Waals surface area contributed by atoms with Gasteiger partial charge in [-0.1, -0.05) is 13.8 Å². The standard InChI is InChI=1S/C16H21FN4/c1-10(2)13-9-12(17)5-6-14(13)21(11(3)4)15-7-8-19-16(18)20-15/h5-11H,1-4H3,(H2,18,19,20). The smallest absolute Gasteiger partial charge is 0.221 e. The van der Waals surface area contributed by atoms with Crippen LogP contribution in [0.5, 0.6) is 0 Å². The van der Waals surface area contributed by atoms with Crippen molar-refractivity contribution in [3.05, 3.63) is 41.8 Å². The molecule has 2 rings (SSSR count). The van der Waals surface area contributed by atoms with Crippen LogP contribution < -0.4 is 10.6 Å². The molecule has 5 heteroatoms. The topological polar surface area (TPSA) is 55.0 Å². The summed E-state index contributed by atoms with van der Waals surface area (Å²) in [4.78, 5) is 10.3. The van der Waals surface area contributed by atoms with Gasteiger partial charge in [0.1, 0.15) is 11.6 Å². The molecule has 0 bridgehead atoms. The van der Waals surface area contributed by atoms with Gasteiger partial charge in [-0.25, -0.2) is 9.37 Å². The highest BCUT2D eigenvalue weighted by atomic mass is 19.1. The summed E-state index contributed by atoms with van der Waals surface area (Å²) in [5.41, 5.74) is 7.58. The summed E-state index contributed by atoms with van der Waals surface area (Å²) < 4.78 is 13.6. The maximum absolute atomic E-state index is 13.6. The van der Waals surface area contributed by atoms with Crippen LogP contribution >= 0.6 is 0 Å². The molecule has 0 saturated carbocycles. The van der Waals surface area contributed by atoms with Crippen molar-refractivity contribution in [1.29, 1.82) is 0 Å². The summed E-state index contributed by atoms with van der Waals surface area (Å²) in [6.07, 6.45) is 1.63. The third-order valence-corrected chi connectivity index (χ3v) is 3.29. The van der Waals surface area contributed by atoms with Crippen LogP contribution in [0.3, 0.4) is 0 Å². The molecule has 0 saturated heterocycles. The zero-order chi connectivity index (χ0) is 15.6. The Labute approximate surface area is 124 Å². The van der Waals surface area contributed by atoms with Gasteiger partial charge in [0, 0.05) is 17.9 Å². The minimum atomic E-state index is -0.228. The number of rotatable bonds is 4. The van der Waals surface area contributed by atoms with E-state index in [1.807, 2.05) is 24.8 Å². The SMILES string of the molecule is CC(C)c1cc(F)ccc1N(c1ccnc(N)n1)C(C)C. The third-order valence-electron chi connectivity index (χ3n) is 3.29. The number of anilines is 3. The van der Waals surface area contributed by atoms with Crippen molar-refractivity contribution < 1.29 is 4.39 Å². The van der Waals surface area contributed by atoms with Crippen LogP contribution in [0.15, 0.2) is 30.5 Å². The predicted octanol–water partition coefficient (Wildman–Crippen LogP) is 3.87. The predicted molar refractivity (Wildman–Crippen MR) is 84.2 cm³/mol. The second-order valence-electron chi connectivity index (χ2n) is 5.59. The molecule has 0 aliphatic rings. The average molecular weight is 288 g/mol. The zero-order valence-corrected chi connectivity index (χ0v) is 12.8. The van der Waals surface area contributed by atoms with E-state index in [9.17, 15) is 4.39 Å².